The Morgan fingerprint density at radius 3 is 2.88 bits per heavy atom. The molecule has 2 saturated heterocycles. The van der Waals surface area contributed by atoms with Crippen LogP contribution in [0.2, 0.25) is 5.02 Å². The molecule has 2 aliphatic rings. The Morgan fingerprint density at radius 1 is 1.32 bits per heavy atom. The van der Waals surface area contributed by atoms with Gasteiger partial charge in [0.05, 0.1) is 24.3 Å². The van der Waals surface area contributed by atoms with Crippen LogP contribution in [0.15, 0.2) is 24.7 Å². The van der Waals surface area contributed by atoms with Gasteiger partial charge in [-0.1, -0.05) is 11.6 Å². The molecule has 0 N–H and O–H groups in total. The van der Waals surface area contributed by atoms with Gasteiger partial charge in [0.2, 0.25) is 0 Å². The summed E-state index contributed by atoms with van der Waals surface area (Å²) in [6, 6.07) is 4.13. The molecule has 0 saturated carbocycles. The molecule has 1 aromatic carbocycles. The Labute approximate surface area is 153 Å². The van der Waals surface area contributed by atoms with Gasteiger partial charge in [-0.3, -0.25) is 4.90 Å². The van der Waals surface area contributed by atoms with Crippen molar-refractivity contribution in [3.63, 3.8) is 0 Å². The topological polar surface area (TPSA) is 47.5 Å². The van der Waals surface area contributed by atoms with Crippen LogP contribution in [-0.2, 0) is 9.47 Å². The SMILES string of the molecule is COC1COCC1(C)N1CCC(c2cc3ncncc3cc2Cl)CC1. The van der Waals surface area contributed by atoms with E-state index in [1.165, 1.54) is 5.56 Å². The van der Waals surface area contributed by atoms with Gasteiger partial charge >= 0.3 is 0 Å². The number of rotatable bonds is 3. The fourth-order valence-electron chi connectivity index (χ4n) is 4.29. The smallest absolute Gasteiger partial charge is 0.116 e. The Balaban J connectivity index is 1.51. The number of fused-ring (bicyclic) bond motifs is 1. The summed E-state index contributed by atoms with van der Waals surface area (Å²) in [6.07, 6.45) is 5.72. The average Bonchev–Trinajstić information content (AvgIpc) is 3.03. The molecule has 0 aliphatic carbocycles. The third-order valence-electron chi connectivity index (χ3n) is 5.92. The molecule has 25 heavy (non-hydrogen) atoms. The number of methoxy groups -OCH3 is 1. The average molecular weight is 362 g/mol. The first-order chi connectivity index (χ1) is 12.1. The third-order valence-corrected chi connectivity index (χ3v) is 6.25. The summed E-state index contributed by atoms with van der Waals surface area (Å²) in [5, 5.41) is 1.82. The minimum atomic E-state index is -0.0277. The standard InChI is InChI=1S/C19H24ClN3O2/c1-19(11-25-10-18(19)24-2)23-5-3-13(4-6-23)15-8-17-14(7-16(15)20)9-21-12-22-17/h7-9,12-13,18H,3-6,10-11H2,1-2H3. The Kier molecular flexibility index (Phi) is 4.67. The second kappa shape index (κ2) is 6.80. The normalized spacial score (nSPS) is 28.7. The minimum absolute atomic E-state index is 0.0277. The van der Waals surface area contributed by atoms with Gasteiger partial charge in [0.1, 0.15) is 12.4 Å². The van der Waals surface area contributed by atoms with E-state index < -0.39 is 0 Å². The number of aromatic nitrogens is 2. The first-order valence-corrected chi connectivity index (χ1v) is 9.24. The fraction of sp³-hybridized carbons (Fsp3) is 0.579. The quantitative estimate of drug-likeness (QED) is 0.839. The van der Waals surface area contributed by atoms with Crippen molar-refractivity contribution < 1.29 is 9.47 Å². The Bertz CT molecular complexity index is 763. The van der Waals surface area contributed by atoms with Crippen molar-refractivity contribution >= 4 is 22.5 Å². The lowest BCUT2D eigenvalue weighted by atomic mass is 9.85. The zero-order valence-electron chi connectivity index (χ0n) is 14.7. The van der Waals surface area contributed by atoms with Gasteiger partial charge in [-0.25, -0.2) is 9.97 Å². The second-order valence-corrected chi connectivity index (χ2v) is 7.72. The van der Waals surface area contributed by atoms with Gasteiger partial charge in [-0.15, -0.1) is 0 Å². The zero-order chi connectivity index (χ0) is 17.4. The molecule has 0 radical (unpaired) electrons. The molecule has 2 aliphatic heterocycles. The summed E-state index contributed by atoms with van der Waals surface area (Å²) in [4.78, 5) is 11.0. The summed E-state index contributed by atoms with van der Waals surface area (Å²) in [6.45, 7) is 5.74. The molecule has 2 unspecified atom stereocenters. The number of hydrogen-bond donors (Lipinski definition) is 0. The molecule has 1 aromatic heterocycles. The van der Waals surface area contributed by atoms with E-state index in [1.807, 2.05) is 12.3 Å². The number of benzene rings is 1. The Hall–Kier alpha value is -1.27. The molecule has 6 heteroatoms. The lowest BCUT2D eigenvalue weighted by molar-refractivity contribution is -0.0242. The highest BCUT2D eigenvalue weighted by molar-refractivity contribution is 6.32. The van der Waals surface area contributed by atoms with E-state index in [0.717, 1.165) is 48.5 Å². The molecule has 5 nitrogen and oxygen atoms in total. The third kappa shape index (κ3) is 3.04. The van der Waals surface area contributed by atoms with Crippen LogP contribution in [0.5, 0.6) is 0 Å². The number of likely N-dealkylation sites (tertiary alicyclic amines) is 1. The largest absolute Gasteiger partial charge is 0.377 e. The van der Waals surface area contributed by atoms with E-state index in [1.54, 1.807) is 13.4 Å². The summed E-state index contributed by atoms with van der Waals surface area (Å²) in [5.74, 6) is 0.468. The molecule has 0 amide bonds. The zero-order valence-corrected chi connectivity index (χ0v) is 15.5. The van der Waals surface area contributed by atoms with Crippen molar-refractivity contribution in [3.8, 4) is 0 Å². The first-order valence-electron chi connectivity index (χ1n) is 8.86. The van der Waals surface area contributed by atoms with Crippen molar-refractivity contribution in [3.05, 3.63) is 35.2 Å². The monoisotopic (exact) mass is 361 g/mol. The molecular formula is C19H24ClN3O2. The van der Waals surface area contributed by atoms with Crippen LogP contribution in [0.1, 0.15) is 31.2 Å². The molecule has 2 atom stereocenters. The van der Waals surface area contributed by atoms with Crippen LogP contribution in [0.3, 0.4) is 0 Å². The van der Waals surface area contributed by atoms with Crippen LogP contribution in [0.4, 0.5) is 0 Å². The van der Waals surface area contributed by atoms with Crippen LogP contribution in [-0.4, -0.2) is 59.9 Å². The highest BCUT2D eigenvalue weighted by Gasteiger charge is 2.46. The van der Waals surface area contributed by atoms with E-state index in [0.29, 0.717) is 12.5 Å². The highest BCUT2D eigenvalue weighted by Crippen LogP contribution is 2.38. The number of hydrogen-bond acceptors (Lipinski definition) is 5. The maximum absolute atomic E-state index is 6.56. The molecule has 134 valence electrons. The minimum Gasteiger partial charge on any atom is -0.377 e. The molecular weight excluding hydrogens is 338 g/mol. The van der Waals surface area contributed by atoms with Gasteiger partial charge in [0, 0.05) is 23.7 Å². The molecule has 2 aromatic rings. The van der Waals surface area contributed by atoms with Crippen LogP contribution in [0.25, 0.3) is 10.9 Å². The molecule has 2 fully saturated rings. The molecule has 0 bridgehead atoms. The van der Waals surface area contributed by atoms with E-state index >= 15 is 0 Å². The van der Waals surface area contributed by atoms with Crippen LogP contribution in [0, 0.1) is 0 Å². The fourth-order valence-corrected chi connectivity index (χ4v) is 4.62. The summed E-state index contributed by atoms with van der Waals surface area (Å²) >= 11 is 6.56. The number of piperidine rings is 1. The summed E-state index contributed by atoms with van der Waals surface area (Å²) in [7, 11) is 1.78. The summed E-state index contributed by atoms with van der Waals surface area (Å²) in [5.41, 5.74) is 2.15. The van der Waals surface area contributed by atoms with E-state index in [9.17, 15) is 0 Å². The lowest BCUT2D eigenvalue weighted by Gasteiger charge is -2.44. The predicted octanol–water partition coefficient (Wildman–Crippen LogP) is 3.27. The van der Waals surface area contributed by atoms with Gasteiger partial charge in [-0.2, -0.15) is 0 Å². The first kappa shape index (κ1) is 17.2. The number of halogens is 1. The van der Waals surface area contributed by atoms with Gasteiger partial charge in [0.15, 0.2) is 0 Å². The number of nitrogens with zero attached hydrogens (tertiary/aromatic N) is 3. The second-order valence-electron chi connectivity index (χ2n) is 7.31. The summed E-state index contributed by atoms with van der Waals surface area (Å²) < 4.78 is 11.4. The van der Waals surface area contributed by atoms with E-state index in [-0.39, 0.29) is 11.6 Å². The van der Waals surface area contributed by atoms with Gasteiger partial charge in [-0.05, 0) is 56.5 Å². The predicted molar refractivity (Wildman–Crippen MR) is 98.1 cm³/mol. The lowest BCUT2D eigenvalue weighted by Crippen LogP contribution is -2.57. The van der Waals surface area contributed by atoms with Crippen molar-refractivity contribution in [1.82, 2.24) is 14.9 Å². The van der Waals surface area contributed by atoms with Crippen LogP contribution >= 0.6 is 11.6 Å². The maximum atomic E-state index is 6.56. The Morgan fingerprint density at radius 2 is 2.12 bits per heavy atom. The van der Waals surface area contributed by atoms with Crippen molar-refractivity contribution in [2.75, 3.05) is 33.4 Å². The highest BCUT2D eigenvalue weighted by atomic mass is 35.5. The molecule has 4 rings (SSSR count). The van der Waals surface area contributed by atoms with Gasteiger partial charge < -0.3 is 9.47 Å². The van der Waals surface area contributed by atoms with E-state index in [2.05, 4.69) is 27.9 Å². The van der Waals surface area contributed by atoms with E-state index in [4.69, 9.17) is 21.1 Å². The molecule has 3 heterocycles. The van der Waals surface area contributed by atoms with Crippen molar-refractivity contribution in [2.45, 2.75) is 37.3 Å². The van der Waals surface area contributed by atoms with Gasteiger partial charge in [0.25, 0.3) is 0 Å². The number of ether oxygens (including phenoxy) is 2. The molecule has 0 spiro atoms. The van der Waals surface area contributed by atoms with Crippen molar-refractivity contribution in [2.24, 2.45) is 0 Å². The maximum Gasteiger partial charge on any atom is 0.116 e. The van der Waals surface area contributed by atoms with Crippen LogP contribution < -0.4 is 0 Å². The van der Waals surface area contributed by atoms with Crippen molar-refractivity contribution in [1.29, 1.82) is 0 Å².